The second-order valence-corrected chi connectivity index (χ2v) is 13.1. The standard InChI is InChI=1S/C28H36F2N6O3S/c1-19(2)17-36-18-22(16-33-36)21-14-31-28(32-15-21)35-9-7-20(8-10-35)4-3-11-39-23-12-25(29)27(26(30)13-23)34-40(37,38)24-5-6-24/h12-16,18-20,24,34H,3-11,17H2,1-2H3. The van der Waals surface area contributed by atoms with Gasteiger partial charge in [0.05, 0.1) is 18.1 Å². The van der Waals surface area contributed by atoms with E-state index < -0.39 is 32.6 Å². The number of ether oxygens (including phenoxy) is 1. The van der Waals surface area contributed by atoms with Crippen LogP contribution < -0.4 is 14.4 Å². The van der Waals surface area contributed by atoms with Gasteiger partial charge in [0, 0.05) is 61.5 Å². The molecule has 1 saturated carbocycles. The number of anilines is 2. The number of hydrogen-bond donors (Lipinski definition) is 1. The Morgan fingerprint density at radius 3 is 2.33 bits per heavy atom. The van der Waals surface area contributed by atoms with Gasteiger partial charge in [0.15, 0.2) is 11.6 Å². The van der Waals surface area contributed by atoms with Crippen molar-refractivity contribution in [2.24, 2.45) is 11.8 Å². The van der Waals surface area contributed by atoms with Gasteiger partial charge in [-0.05, 0) is 50.4 Å². The second kappa shape index (κ2) is 12.1. The number of nitrogens with zero attached hydrogens (tertiary/aromatic N) is 5. The summed E-state index contributed by atoms with van der Waals surface area (Å²) >= 11 is 0. The molecule has 0 unspecified atom stereocenters. The third kappa shape index (κ3) is 7.07. The molecular formula is C28H36F2N6O3S. The molecule has 1 aromatic carbocycles. The number of sulfonamides is 1. The maximum atomic E-state index is 14.4. The fourth-order valence-electron chi connectivity index (χ4n) is 4.94. The smallest absolute Gasteiger partial charge is 0.235 e. The van der Waals surface area contributed by atoms with E-state index in [-0.39, 0.29) is 5.75 Å². The van der Waals surface area contributed by atoms with Crippen LogP contribution in [0.2, 0.25) is 0 Å². The number of piperidine rings is 1. The molecule has 1 aliphatic heterocycles. The Kier molecular flexibility index (Phi) is 8.53. The highest BCUT2D eigenvalue weighted by Crippen LogP contribution is 2.33. The van der Waals surface area contributed by atoms with Gasteiger partial charge in [-0.1, -0.05) is 13.8 Å². The van der Waals surface area contributed by atoms with Gasteiger partial charge >= 0.3 is 0 Å². The maximum Gasteiger partial charge on any atom is 0.235 e. The molecule has 2 aromatic heterocycles. The highest BCUT2D eigenvalue weighted by atomic mass is 32.2. The van der Waals surface area contributed by atoms with Crippen LogP contribution in [0.25, 0.3) is 11.1 Å². The summed E-state index contributed by atoms with van der Waals surface area (Å²) in [6.07, 6.45) is 12.3. The van der Waals surface area contributed by atoms with E-state index in [0.717, 1.165) is 74.5 Å². The van der Waals surface area contributed by atoms with Crippen molar-refractivity contribution in [1.82, 2.24) is 19.7 Å². The lowest BCUT2D eigenvalue weighted by atomic mass is 9.92. The molecule has 216 valence electrons. The van der Waals surface area contributed by atoms with Crippen LogP contribution >= 0.6 is 0 Å². The Morgan fingerprint density at radius 2 is 1.70 bits per heavy atom. The van der Waals surface area contributed by atoms with Gasteiger partial charge in [0.1, 0.15) is 11.4 Å². The molecule has 2 fully saturated rings. The van der Waals surface area contributed by atoms with E-state index in [1.54, 1.807) is 0 Å². The number of aromatic nitrogens is 4. The molecule has 0 bridgehead atoms. The molecule has 0 amide bonds. The Labute approximate surface area is 234 Å². The molecule has 2 aliphatic rings. The third-order valence-corrected chi connectivity index (χ3v) is 9.14. The lowest BCUT2D eigenvalue weighted by Crippen LogP contribution is -2.34. The zero-order chi connectivity index (χ0) is 28.3. The minimum absolute atomic E-state index is 0.0482. The fraction of sp³-hybridized carbons (Fsp3) is 0.536. The van der Waals surface area contributed by atoms with Crippen LogP contribution in [-0.2, 0) is 16.6 Å². The van der Waals surface area contributed by atoms with Gasteiger partial charge in [-0.25, -0.2) is 27.2 Å². The van der Waals surface area contributed by atoms with Gasteiger partial charge in [0.2, 0.25) is 16.0 Å². The van der Waals surface area contributed by atoms with Gasteiger partial charge in [0.25, 0.3) is 0 Å². The van der Waals surface area contributed by atoms with E-state index in [9.17, 15) is 17.2 Å². The number of halogens is 2. The highest BCUT2D eigenvalue weighted by molar-refractivity contribution is 7.93. The zero-order valence-electron chi connectivity index (χ0n) is 22.9. The first kappa shape index (κ1) is 28.3. The first-order valence-electron chi connectivity index (χ1n) is 13.9. The maximum absolute atomic E-state index is 14.4. The topological polar surface area (TPSA) is 102 Å². The van der Waals surface area contributed by atoms with E-state index in [2.05, 4.69) is 33.8 Å². The molecule has 0 spiro atoms. The van der Waals surface area contributed by atoms with Crippen molar-refractivity contribution in [2.75, 3.05) is 29.3 Å². The summed E-state index contributed by atoms with van der Waals surface area (Å²) in [6.45, 7) is 7.25. The molecule has 3 heterocycles. The minimum Gasteiger partial charge on any atom is -0.493 e. The lowest BCUT2D eigenvalue weighted by molar-refractivity contribution is 0.277. The Bertz CT molecular complexity index is 1380. The molecule has 0 atom stereocenters. The van der Waals surface area contributed by atoms with Gasteiger partial charge in [-0.2, -0.15) is 5.10 Å². The van der Waals surface area contributed by atoms with Crippen molar-refractivity contribution in [3.8, 4) is 16.9 Å². The molecule has 1 saturated heterocycles. The van der Waals surface area contributed by atoms with Crippen molar-refractivity contribution in [2.45, 2.75) is 64.2 Å². The van der Waals surface area contributed by atoms with Crippen molar-refractivity contribution >= 4 is 21.7 Å². The summed E-state index contributed by atoms with van der Waals surface area (Å²) < 4.78 is 62.4. The van der Waals surface area contributed by atoms with E-state index in [0.29, 0.717) is 31.3 Å². The number of hydrogen-bond acceptors (Lipinski definition) is 7. The predicted octanol–water partition coefficient (Wildman–Crippen LogP) is 5.25. The first-order chi connectivity index (χ1) is 19.2. The molecule has 12 heteroatoms. The molecule has 0 radical (unpaired) electrons. The lowest BCUT2D eigenvalue weighted by Gasteiger charge is -2.32. The Balaban J connectivity index is 1.04. The molecule has 5 rings (SSSR count). The largest absolute Gasteiger partial charge is 0.493 e. The van der Waals surface area contributed by atoms with E-state index in [4.69, 9.17) is 4.74 Å². The number of rotatable bonds is 12. The summed E-state index contributed by atoms with van der Waals surface area (Å²) in [7, 11) is -3.75. The SMILES string of the molecule is CC(C)Cn1cc(-c2cnc(N3CCC(CCCOc4cc(F)c(NS(=O)(=O)C5CC5)c(F)c4)CC3)nc2)cn1. The highest BCUT2D eigenvalue weighted by Gasteiger charge is 2.36. The quantitative estimate of drug-likeness (QED) is 0.295. The monoisotopic (exact) mass is 574 g/mol. The average Bonchev–Trinajstić information content (AvgIpc) is 3.70. The molecule has 1 aliphatic carbocycles. The fourth-order valence-corrected chi connectivity index (χ4v) is 6.34. The molecular weight excluding hydrogens is 538 g/mol. The predicted molar refractivity (Wildman–Crippen MR) is 150 cm³/mol. The van der Waals surface area contributed by atoms with Crippen LogP contribution in [0.4, 0.5) is 20.4 Å². The normalized spacial score (nSPS) is 16.5. The molecule has 1 N–H and O–H groups in total. The van der Waals surface area contributed by atoms with Crippen LogP contribution in [0.15, 0.2) is 36.9 Å². The van der Waals surface area contributed by atoms with E-state index >= 15 is 0 Å². The minimum atomic E-state index is -3.75. The van der Waals surface area contributed by atoms with Crippen molar-refractivity contribution in [1.29, 1.82) is 0 Å². The summed E-state index contributed by atoms with van der Waals surface area (Å²) in [5, 5.41) is 3.85. The van der Waals surface area contributed by atoms with Gasteiger partial charge < -0.3 is 9.64 Å². The molecule has 3 aromatic rings. The van der Waals surface area contributed by atoms with Crippen LogP contribution in [0, 0.1) is 23.5 Å². The summed E-state index contributed by atoms with van der Waals surface area (Å²) in [4.78, 5) is 11.4. The van der Waals surface area contributed by atoms with Gasteiger partial charge in [-0.3, -0.25) is 9.40 Å². The number of benzene rings is 1. The average molecular weight is 575 g/mol. The van der Waals surface area contributed by atoms with E-state index in [1.807, 2.05) is 34.2 Å². The van der Waals surface area contributed by atoms with Crippen LogP contribution in [0.5, 0.6) is 5.75 Å². The van der Waals surface area contributed by atoms with Crippen LogP contribution in [-0.4, -0.2) is 53.1 Å². The third-order valence-electron chi connectivity index (χ3n) is 7.30. The Hall–Kier alpha value is -3.28. The number of nitrogens with one attached hydrogen (secondary N) is 1. The summed E-state index contributed by atoms with van der Waals surface area (Å²) in [6, 6.07) is 2.05. The first-order valence-corrected chi connectivity index (χ1v) is 15.5. The van der Waals surface area contributed by atoms with Crippen LogP contribution in [0.3, 0.4) is 0 Å². The zero-order valence-corrected chi connectivity index (χ0v) is 23.7. The van der Waals surface area contributed by atoms with Crippen molar-refractivity contribution < 1.29 is 21.9 Å². The molecule has 40 heavy (non-hydrogen) atoms. The van der Waals surface area contributed by atoms with Crippen molar-refractivity contribution in [3.05, 3.63) is 48.6 Å². The van der Waals surface area contributed by atoms with Gasteiger partial charge in [-0.15, -0.1) is 0 Å². The summed E-state index contributed by atoms with van der Waals surface area (Å²) in [5.74, 6) is -0.138. The Morgan fingerprint density at radius 1 is 1.02 bits per heavy atom. The molecule has 9 nitrogen and oxygen atoms in total. The van der Waals surface area contributed by atoms with E-state index in [1.165, 1.54) is 0 Å². The van der Waals surface area contributed by atoms with Crippen LogP contribution in [0.1, 0.15) is 52.4 Å². The second-order valence-electron chi connectivity index (χ2n) is 11.1. The summed E-state index contributed by atoms with van der Waals surface area (Å²) in [5.41, 5.74) is 1.30. The van der Waals surface area contributed by atoms with Crippen molar-refractivity contribution in [3.63, 3.8) is 0 Å².